The molecule has 0 fully saturated rings. The first-order chi connectivity index (χ1) is 36.9. The van der Waals surface area contributed by atoms with Gasteiger partial charge in [-0.3, -0.25) is 12.9 Å². The van der Waals surface area contributed by atoms with Crippen LogP contribution >= 0.6 is 34.8 Å². The van der Waals surface area contributed by atoms with Gasteiger partial charge in [-0.1, -0.05) is 108 Å². The number of benzene rings is 6. The van der Waals surface area contributed by atoms with E-state index in [-0.39, 0.29) is 46.8 Å². The third-order valence-electron chi connectivity index (χ3n) is 12.2. The average Bonchev–Trinajstić information content (AvgIpc) is 3.43. The Kier molecular flexibility index (Phi) is 21.3. The molecular formula is C54H57Cl3F9N3O9S3. The van der Waals surface area contributed by atoms with E-state index in [2.05, 4.69) is 0 Å². The predicted octanol–water partition coefficient (Wildman–Crippen LogP) is 14.1. The summed E-state index contributed by atoms with van der Waals surface area (Å²) in [6.07, 6.45) is -14.6. The van der Waals surface area contributed by atoms with Crippen molar-refractivity contribution in [2.45, 2.75) is 130 Å². The number of anilines is 3. The molecule has 444 valence electrons. The third-order valence-corrected chi connectivity index (χ3v) is 19.7. The zero-order valence-corrected chi connectivity index (χ0v) is 49.2. The van der Waals surface area contributed by atoms with Crippen LogP contribution in [0.25, 0.3) is 0 Å². The maximum atomic E-state index is 13.0. The monoisotopic (exact) mass is 1260 g/mol. The van der Waals surface area contributed by atoms with E-state index in [0.29, 0.717) is 20.8 Å². The van der Waals surface area contributed by atoms with Gasteiger partial charge in [0, 0.05) is 18.1 Å². The van der Waals surface area contributed by atoms with Crippen molar-refractivity contribution in [2.75, 3.05) is 12.9 Å². The molecule has 1 unspecified atom stereocenters. The van der Waals surface area contributed by atoms with Gasteiger partial charge in [-0.05, 0) is 152 Å². The second-order valence-electron chi connectivity index (χ2n) is 19.3. The third kappa shape index (κ3) is 14.9. The molecule has 0 aliphatic heterocycles. The first kappa shape index (κ1) is 68.2. The molecular weight excluding hydrogens is 1210 g/mol. The summed E-state index contributed by atoms with van der Waals surface area (Å²) < 4.78 is 198. The van der Waals surface area contributed by atoms with Crippen LogP contribution < -0.4 is 12.9 Å². The van der Waals surface area contributed by atoms with Gasteiger partial charge < -0.3 is 15.3 Å². The number of rotatable bonds is 15. The van der Waals surface area contributed by atoms with E-state index in [9.17, 15) is 80.1 Å². The van der Waals surface area contributed by atoms with E-state index < -0.39 is 100 Å². The Balaban J connectivity index is 0.000000261. The smallest absolute Gasteiger partial charge is 0.376 e. The SMILES string of the molecule is CC(C)N(c1ccc(C(C)(O)C(F)(F)F)cc1)S(=O)(=O)c1ccccc1Cl.CC(C)N(c1ccc([C@@](C)(O)C(F)(F)F)cc1)S(=O)(=O)c1ccccc1Cl.CC(C)N(c1ccc([C@](C)(O)C(F)(F)F)cc1)S(=O)(=O)c1ccccc1Cl. The minimum Gasteiger partial charge on any atom is -0.376 e. The van der Waals surface area contributed by atoms with Crippen LogP contribution in [0.1, 0.15) is 79.0 Å². The van der Waals surface area contributed by atoms with Gasteiger partial charge in [0.2, 0.25) is 0 Å². The molecule has 0 amide bonds. The van der Waals surface area contributed by atoms with Gasteiger partial charge in [0.15, 0.2) is 16.8 Å². The van der Waals surface area contributed by atoms with Gasteiger partial charge in [0.05, 0.1) is 32.1 Å². The van der Waals surface area contributed by atoms with Crippen molar-refractivity contribution < 1.29 is 80.1 Å². The van der Waals surface area contributed by atoms with Gasteiger partial charge in [0.25, 0.3) is 30.1 Å². The van der Waals surface area contributed by atoms with Crippen LogP contribution in [-0.2, 0) is 46.9 Å². The Morgan fingerprint density at radius 2 is 0.519 bits per heavy atom. The van der Waals surface area contributed by atoms with Crippen LogP contribution in [0.5, 0.6) is 0 Å². The first-order valence-electron chi connectivity index (χ1n) is 24.0. The molecule has 0 saturated heterocycles. The summed E-state index contributed by atoms with van der Waals surface area (Å²) in [5.74, 6) is 0. The Labute approximate surface area is 480 Å². The molecule has 0 aliphatic rings. The van der Waals surface area contributed by atoms with E-state index in [1.165, 1.54) is 91.0 Å². The molecule has 27 heteroatoms. The van der Waals surface area contributed by atoms with E-state index in [1.807, 2.05) is 0 Å². The van der Waals surface area contributed by atoms with Gasteiger partial charge in [0.1, 0.15) is 14.7 Å². The molecule has 6 aromatic rings. The quantitative estimate of drug-likeness (QED) is 0.0846. The van der Waals surface area contributed by atoms with Gasteiger partial charge in [-0.25, -0.2) is 25.3 Å². The second kappa shape index (κ2) is 25.3. The number of hydrogen-bond acceptors (Lipinski definition) is 9. The lowest BCUT2D eigenvalue weighted by molar-refractivity contribution is -0.259. The van der Waals surface area contributed by atoms with Crippen LogP contribution in [-0.4, -0.2) is 77.2 Å². The highest BCUT2D eigenvalue weighted by molar-refractivity contribution is 7.93. The number of nitrogens with zero attached hydrogens (tertiary/aromatic N) is 3. The normalized spacial score (nSPS) is 14.9. The largest absolute Gasteiger partial charge is 0.421 e. The van der Waals surface area contributed by atoms with E-state index >= 15 is 0 Å². The fraction of sp³-hybridized carbons (Fsp3) is 0.333. The lowest BCUT2D eigenvalue weighted by Gasteiger charge is -2.30. The van der Waals surface area contributed by atoms with Crippen molar-refractivity contribution in [1.82, 2.24) is 0 Å². The maximum absolute atomic E-state index is 13.0. The van der Waals surface area contributed by atoms with Crippen molar-refractivity contribution in [1.29, 1.82) is 0 Å². The van der Waals surface area contributed by atoms with Crippen LogP contribution in [0.2, 0.25) is 15.1 Å². The Morgan fingerprint density at radius 3 is 0.667 bits per heavy atom. The zero-order chi connectivity index (χ0) is 61.9. The lowest BCUT2D eigenvalue weighted by Crippen LogP contribution is -2.39. The number of alkyl halides is 9. The number of sulfonamides is 3. The minimum absolute atomic E-state index is 0.0415. The second-order valence-corrected chi connectivity index (χ2v) is 25.9. The number of aliphatic hydroxyl groups is 3. The van der Waals surface area contributed by atoms with Gasteiger partial charge in [-0.15, -0.1) is 0 Å². The van der Waals surface area contributed by atoms with Crippen molar-refractivity contribution in [3.05, 3.63) is 177 Å². The number of hydrogen-bond donors (Lipinski definition) is 3. The molecule has 3 atom stereocenters. The molecule has 0 radical (unpaired) electrons. The van der Waals surface area contributed by atoms with Crippen molar-refractivity contribution in [2.24, 2.45) is 0 Å². The number of halogens is 12. The molecule has 12 nitrogen and oxygen atoms in total. The van der Waals surface area contributed by atoms with E-state index in [1.54, 1.807) is 59.7 Å². The highest BCUT2D eigenvalue weighted by atomic mass is 35.5. The Hall–Kier alpha value is -5.31. The topological polar surface area (TPSA) is 173 Å². The van der Waals surface area contributed by atoms with Gasteiger partial charge in [-0.2, -0.15) is 39.5 Å². The molecule has 6 rings (SSSR count). The Morgan fingerprint density at radius 1 is 0.346 bits per heavy atom. The molecule has 0 bridgehead atoms. The van der Waals surface area contributed by atoms with E-state index in [4.69, 9.17) is 34.8 Å². The minimum atomic E-state index is -4.87. The molecule has 81 heavy (non-hydrogen) atoms. The van der Waals surface area contributed by atoms with Crippen molar-refractivity contribution in [3.8, 4) is 0 Å². The van der Waals surface area contributed by atoms with Crippen molar-refractivity contribution >= 4 is 81.9 Å². The van der Waals surface area contributed by atoms with Crippen LogP contribution in [0.3, 0.4) is 0 Å². The first-order valence-corrected chi connectivity index (χ1v) is 29.4. The summed E-state index contributed by atoms with van der Waals surface area (Å²) in [7, 11) is -12.1. The molecule has 6 aromatic carbocycles. The summed E-state index contributed by atoms with van der Waals surface area (Å²) in [5.41, 5.74) is -9.83. The molecule has 0 saturated carbocycles. The zero-order valence-electron chi connectivity index (χ0n) is 44.5. The summed E-state index contributed by atoms with van der Waals surface area (Å²) in [4.78, 5) is -0.315. The van der Waals surface area contributed by atoms with Crippen molar-refractivity contribution in [3.63, 3.8) is 0 Å². The summed E-state index contributed by atoms with van der Waals surface area (Å²) in [6.45, 7) is 11.7. The predicted molar refractivity (Wildman–Crippen MR) is 295 cm³/mol. The van der Waals surface area contributed by atoms with Crippen LogP contribution in [0.4, 0.5) is 56.6 Å². The molecule has 0 heterocycles. The fourth-order valence-corrected chi connectivity index (χ4v) is 14.2. The van der Waals surface area contributed by atoms with Crippen LogP contribution in [0.15, 0.2) is 160 Å². The summed E-state index contributed by atoms with van der Waals surface area (Å²) in [5, 5.41) is 29.4. The van der Waals surface area contributed by atoms with Crippen LogP contribution in [0, 0.1) is 0 Å². The maximum Gasteiger partial charge on any atom is 0.421 e. The Bertz CT molecular complexity index is 3090. The van der Waals surface area contributed by atoms with E-state index in [0.717, 1.165) is 49.3 Å². The highest BCUT2D eigenvalue weighted by Crippen LogP contribution is 2.43. The molecule has 3 N–H and O–H groups in total. The fourth-order valence-electron chi connectivity index (χ4n) is 7.71. The molecule has 0 aromatic heterocycles. The highest BCUT2D eigenvalue weighted by Gasteiger charge is 2.53. The lowest BCUT2D eigenvalue weighted by atomic mass is 9.95. The molecule has 0 aliphatic carbocycles. The standard InChI is InChI=1S/3C18H19ClF3NO3S/c3*1-12(2)23(27(25,26)16-7-5-4-6-15(16)19)14-10-8-13(9-11-14)17(3,24)18(20,21)22/h3*4-12,24H,1-3H3/t2*17-;/m10./s1. The average molecular weight is 1270 g/mol. The van der Waals surface area contributed by atoms with Gasteiger partial charge >= 0.3 is 18.5 Å². The summed E-state index contributed by atoms with van der Waals surface area (Å²) in [6, 6.07) is 29.9. The molecule has 0 spiro atoms. The summed E-state index contributed by atoms with van der Waals surface area (Å²) >= 11 is 18.0.